The second-order valence-electron chi connectivity index (χ2n) is 6.06. The van der Waals surface area contributed by atoms with E-state index in [0.717, 1.165) is 0 Å². The van der Waals surface area contributed by atoms with E-state index in [1.165, 1.54) is 38.4 Å². The smallest absolute Gasteiger partial charge is 0.342 e. The van der Waals surface area contributed by atoms with Gasteiger partial charge in [0.1, 0.15) is 11.3 Å². The van der Waals surface area contributed by atoms with Crippen LogP contribution in [0.2, 0.25) is 0 Å². The van der Waals surface area contributed by atoms with Crippen LogP contribution in [0.1, 0.15) is 23.2 Å². The minimum atomic E-state index is -0.732. The van der Waals surface area contributed by atoms with E-state index < -0.39 is 18.5 Å². The second kappa shape index (κ2) is 9.11. The Bertz CT molecular complexity index is 720. The van der Waals surface area contributed by atoms with Crippen LogP contribution < -0.4 is 19.9 Å². The Labute approximate surface area is 157 Å². The number of primary amides is 1. The summed E-state index contributed by atoms with van der Waals surface area (Å²) in [6.07, 6.45) is 1.33. The van der Waals surface area contributed by atoms with E-state index in [4.69, 9.17) is 24.7 Å². The van der Waals surface area contributed by atoms with Crippen molar-refractivity contribution in [3.05, 3.63) is 17.7 Å². The lowest BCUT2D eigenvalue weighted by atomic mass is 9.97. The number of esters is 1. The van der Waals surface area contributed by atoms with E-state index in [2.05, 4.69) is 0 Å². The lowest BCUT2D eigenvalue weighted by Gasteiger charge is -2.31. The number of benzene rings is 1. The Morgan fingerprint density at radius 1 is 1.07 bits per heavy atom. The van der Waals surface area contributed by atoms with Crippen LogP contribution in [-0.2, 0) is 14.3 Å². The SMILES string of the molecule is COc1cc(OC)c(C(=O)OCC(=O)N2CCC[C@H](C(N)=O)C2)cc1OC. The Hall–Kier alpha value is -2.97. The van der Waals surface area contributed by atoms with Gasteiger partial charge < -0.3 is 29.6 Å². The first-order valence-corrected chi connectivity index (χ1v) is 8.45. The molecule has 0 unspecified atom stereocenters. The number of likely N-dealkylation sites (tertiary alicyclic amines) is 1. The molecule has 1 aromatic carbocycles. The van der Waals surface area contributed by atoms with Crippen LogP contribution in [-0.4, -0.2) is 63.7 Å². The van der Waals surface area contributed by atoms with Crippen LogP contribution in [0.25, 0.3) is 0 Å². The first-order valence-electron chi connectivity index (χ1n) is 8.45. The Morgan fingerprint density at radius 2 is 1.70 bits per heavy atom. The number of carbonyl (C=O) groups excluding carboxylic acids is 3. The lowest BCUT2D eigenvalue weighted by Crippen LogP contribution is -2.45. The molecule has 0 aromatic heterocycles. The van der Waals surface area contributed by atoms with Gasteiger partial charge in [0.05, 0.1) is 27.2 Å². The summed E-state index contributed by atoms with van der Waals surface area (Å²) in [5.41, 5.74) is 5.42. The van der Waals surface area contributed by atoms with E-state index in [0.29, 0.717) is 30.9 Å². The van der Waals surface area contributed by atoms with Crippen molar-refractivity contribution in [2.24, 2.45) is 11.7 Å². The minimum absolute atomic E-state index is 0.108. The summed E-state index contributed by atoms with van der Waals surface area (Å²) in [4.78, 5) is 37.5. The van der Waals surface area contributed by atoms with Crippen molar-refractivity contribution in [2.75, 3.05) is 41.0 Å². The third-order valence-electron chi connectivity index (χ3n) is 4.43. The second-order valence-corrected chi connectivity index (χ2v) is 6.06. The number of rotatable bonds is 7. The van der Waals surface area contributed by atoms with Crippen LogP contribution in [0.3, 0.4) is 0 Å². The maximum Gasteiger partial charge on any atom is 0.342 e. The lowest BCUT2D eigenvalue weighted by molar-refractivity contribution is -0.137. The molecule has 148 valence electrons. The number of methoxy groups -OCH3 is 3. The van der Waals surface area contributed by atoms with Crippen LogP contribution in [0.15, 0.2) is 12.1 Å². The number of amides is 2. The average Bonchev–Trinajstić information content (AvgIpc) is 2.70. The van der Waals surface area contributed by atoms with Gasteiger partial charge in [0, 0.05) is 25.2 Å². The maximum absolute atomic E-state index is 12.4. The number of nitrogens with zero attached hydrogens (tertiary/aromatic N) is 1. The van der Waals surface area contributed by atoms with E-state index in [9.17, 15) is 14.4 Å². The van der Waals surface area contributed by atoms with E-state index in [-0.39, 0.29) is 29.7 Å². The van der Waals surface area contributed by atoms with Gasteiger partial charge in [-0.2, -0.15) is 0 Å². The summed E-state index contributed by atoms with van der Waals surface area (Å²) in [6.45, 7) is 0.299. The molecule has 2 rings (SSSR count). The Morgan fingerprint density at radius 3 is 2.30 bits per heavy atom. The first kappa shape index (κ1) is 20.3. The topological polar surface area (TPSA) is 117 Å². The number of hydrogen-bond donors (Lipinski definition) is 1. The quantitative estimate of drug-likeness (QED) is 0.688. The zero-order valence-electron chi connectivity index (χ0n) is 15.6. The normalized spacial score (nSPS) is 16.4. The highest BCUT2D eigenvalue weighted by molar-refractivity contribution is 5.95. The van der Waals surface area contributed by atoms with Gasteiger partial charge in [0.15, 0.2) is 18.1 Å². The number of piperidine rings is 1. The van der Waals surface area contributed by atoms with Gasteiger partial charge in [-0.1, -0.05) is 0 Å². The summed E-state index contributed by atoms with van der Waals surface area (Å²) < 4.78 is 20.7. The van der Waals surface area contributed by atoms with Crippen molar-refractivity contribution >= 4 is 17.8 Å². The summed E-state index contributed by atoms with van der Waals surface area (Å²) in [7, 11) is 4.31. The molecule has 0 saturated carbocycles. The Kier molecular flexibility index (Phi) is 6.86. The van der Waals surface area contributed by atoms with Gasteiger partial charge in [-0.3, -0.25) is 9.59 Å². The molecule has 9 heteroatoms. The molecule has 0 spiro atoms. The fraction of sp³-hybridized carbons (Fsp3) is 0.500. The molecule has 1 saturated heterocycles. The van der Waals surface area contributed by atoms with Crippen LogP contribution >= 0.6 is 0 Å². The monoisotopic (exact) mass is 380 g/mol. The molecular weight excluding hydrogens is 356 g/mol. The molecule has 1 atom stereocenters. The summed E-state index contributed by atoms with van der Waals surface area (Å²) in [5.74, 6) is -0.955. The number of nitrogens with two attached hydrogens (primary N) is 1. The molecule has 27 heavy (non-hydrogen) atoms. The van der Waals surface area contributed by atoms with Crippen molar-refractivity contribution in [3.8, 4) is 17.2 Å². The number of carbonyl (C=O) groups is 3. The maximum atomic E-state index is 12.4. The predicted molar refractivity (Wildman–Crippen MR) is 94.9 cm³/mol. The standard InChI is InChI=1S/C18H24N2O7/c1-24-13-8-15(26-3)14(25-2)7-12(13)18(23)27-10-16(21)20-6-4-5-11(9-20)17(19)22/h7-8,11H,4-6,9-10H2,1-3H3,(H2,19,22)/t11-/m0/s1. The van der Waals surface area contributed by atoms with Crippen molar-refractivity contribution in [3.63, 3.8) is 0 Å². The van der Waals surface area contributed by atoms with Crippen molar-refractivity contribution in [2.45, 2.75) is 12.8 Å². The highest BCUT2D eigenvalue weighted by atomic mass is 16.5. The largest absolute Gasteiger partial charge is 0.496 e. The van der Waals surface area contributed by atoms with Crippen LogP contribution in [0.5, 0.6) is 17.2 Å². The number of hydrogen-bond acceptors (Lipinski definition) is 7. The summed E-state index contributed by atoms with van der Waals surface area (Å²) in [5, 5.41) is 0. The van der Waals surface area contributed by atoms with E-state index in [1.807, 2.05) is 0 Å². The zero-order valence-corrected chi connectivity index (χ0v) is 15.6. The molecule has 1 aromatic rings. The first-order chi connectivity index (χ1) is 12.9. The van der Waals surface area contributed by atoms with Gasteiger partial charge >= 0.3 is 5.97 Å². The molecule has 2 N–H and O–H groups in total. The number of ether oxygens (including phenoxy) is 4. The van der Waals surface area contributed by atoms with Gasteiger partial charge in [-0.25, -0.2) is 4.79 Å². The molecular formula is C18H24N2O7. The van der Waals surface area contributed by atoms with Crippen molar-refractivity contribution in [1.29, 1.82) is 0 Å². The zero-order chi connectivity index (χ0) is 20.0. The molecule has 1 heterocycles. The van der Waals surface area contributed by atoms with Crippen molar-refractivity contribution < 1.29 is 33.3 Å². The van der Waals surface area contributed by atoms with Gasteiger partial charge in [0.25, 0.3) is 5.91 Å². The molecule has 2 amide bonds. The Balaban J connectivity index is 2.04. The highest BCUT2D eigenvalue weighted by Crippen LogP contribution is 2.34. The minimum Gasteiger partial charge on any atom is -0.496 e. The van der Waals surface area contributed by atoms with Crippen LogP contribution in [0, 0.1) is 5.92 Å². The van der Waals surface area contributed by atoms with Gasteiger partial charge in [-0.05, 0) is 12.8 Å². The third-order valence-corrected chi connectivity index (χ3v) is 4.43. The molecule has 0 bridgehead atoms. The average molecular weight is 380 g/mol. The fourth-order valence-electron chi connectivity index (χ4n) is 2.92. The molecule has 0 aliphatic carbocycles. The third kappa shape index (κ3) is 4.81. The summed E-state index contributed by atoms with van der Waals surface area (Å²) in [6, 6.07) is 2.92. The summed E-state index contributed by atoms with van der Waals surface area (Å²) >= 11 is 0. The van der Waals surface area contributed by atoms with E-state index >= 15 is 0 Å². The predicted octanol–water partition coefficient (Wildman–Crippen LogP) is 0.593. The molecule has 1 aliphatic heterocycles. The fourth-order valence-corrected chi connectivity index (χ4v) is 2.92. The molecule has 1 aliphatic rings. The van der Waals surface area contributed by atoms with Gasteiger partial charge in [-0.15, -0.1) is 0 Å². The van der Waals surface area contributed by atoms with Crippen molar-refractivity contribution in [1.82, 2.24) is 4.90 Å². The van der Waals surface area contributed by atoms with Crippen LogP contribution in [0.4, 0.5) is 0 Å². The molecule has 9 nitrogen and oxygen atoms in total. The highest BCUT2D eigenvalue weighted by Gasteiger charge is 2.28. The molecule has 1 fully saturated rings. The van der Waals surface area contributed by atoms with Gasteiger partial charge in [0.2, 0.25) is 5.91 Å². The van der Waals surface area contributed by atoms with E-state index in [1.54, 1.807) is 0 Å². The molecule has 0 radical (unpaired) electrons.